The highest BCUT2D eigenvalue weighted by atomic mass is 16.2. The summed E-state index contributed by atoms with van der Waals surface area (Å²) in [4.78, 5) is 23.4. The molecule has 50 heavy (non-hydrogen) atoms. The van der Waals surface area contributed by atoms with Gasteiger partial charge in [0.05, 0.1) is 24.2 Å². The highest BCUT2D eigenvalue weighted by Crippen LogP contribution is 2.45. The minimum atomic E-state index is -0.00873. The smallest absolute Gasteiger partial charge is 0.225 e. The van der Waals surface area contributed by atoms with Gasteiger partial charge in [-0.2, -0.15) is 10.4 Å². The number of nitriles is 1. The molecule has 9 heteroatoms. The molecule has 0 radical (unpaired) electrons. The van der Waals surface area contributed by atoms with Gasteiger partial charge < -0.3 is 20.4 Å². The lowest BCUT2D eigenvalue weighted by molar-refractivity contribution is -0.138. The number of nitrogens with zero attached hydrogens (tertiary/aromatic N) is 6. The van der Waals surface area contributed by atoms with Crippen molar-refractivity contribution in [2.24, 2.45) is 17.3 Å². The third kappa shape index (κ3) is 7.52. The van der Waals surface area contributed by atoms with Crippen molar-refractivity contribution in [2.75, 3.05) is 51.1 Å². The number of carbonyl (C=O) groups excluding carboxylic acids is 1. The molecule has 7 rings (SSSR count). The molecule has 1 aromatic carbocycles. The molecule has 1 atom stereocenters. The molecule has 2 aromatic heterocycles. The maximum absolute atomic E-state index is 13.7. The molecular weight excluding hydrogens is 621 g/mol. The molecule has 1 amide bonds. The number of anilines is 1. The Hall–Kier alpha value is -3.61. The average Bonchev–Trinajstić information content (AvgIpc) is 3.15. The molecule has 3 aromatic rings. The van der Waals surface area contributed by atoms with Gasteiger partial charge in [0, 0.05) is 54.1 Å². The summed E-state index contributed by atoms with van der Waals surface area (Å²) in [6.45, 7) is 13.6. The number of carbonyl (C=O) groups is 1. The number of benzene rings is 1. The average molecular weight is 677 g/mol. The molecule has 0 bridgehead atoms. The molecule has 3 saturated heterocycles. The molecule has 4 fully saturated rings. The number of aromatic nitrogens is 3. The van der Waals surface area contributed by atoms with Gasteiger partial charge in [0.1, 0.15) is 0 Å². The molecule has 9 nitrogen and oxygen atoms in total. The minimum absolute atomic E-state index is 0.00873. The Balaban J connectivity index is 0.924. The third-order valence-electron chi connectivity index (χ3n) is 13.0. The van der Waals surface area contributed by atoms with Crippen molar-refractivity contribution >= 4 is 22.5 Å². The maximum atomic E-state index is 13.7. The van der Waals surface area contributed by atoms with E-state index in [1.807, 2.05) is 25.3 Å². The zero-order chi connectivity index (χ0) is 34.7. The first-order valence-electron chi connectivity index (χ1n) is 19.4. The van der Waals surface area contributed by atoms with Crippen molar-refractivity contribution in [3.63, 3.8) is 0 Å². The lowest BCUT2D eigenvalue weighted by atomic mass is 9.65. The Kier molecular flexibility index (Phi) is 10.7. The van der Waals surface area contributed by atoms with E-state index in [2.05, 4.69) is 62.7 Å². The first-order valence-corrected chi connectivity index (χ1v) is 19.4. The second-order valence-corrected chi connectivity index (χ2v) is 16.0. The number of aryl methyl sites for hydroxylation is 1. The Morgan fingerprint density at radius 2 is 1.74 bits per heavy atom. The number of fused-ring (bicyclic) bond motifs is 1. The topological polar surface area (TPSA) is 110 Å². The lowest BCUT2D eigenvalue weighted by Gasteiger charge is -2.44. The number of rotatable bonds is 8. The van der Waals surface area contributed by atoms with E-state index in [9.17, 15) is 10.1 Å². The van der Waals surface area contributed by atoms with Crippen molar-refractivity contribution in [3.05, 3.63) is 58.5 Å². The fourth-order valence-corrected chi connectivity index (χ4v) is 9.56. The monoisotopic (exact) mass is 676 g/mol. The van der Waals surface area contributed by atoms with Crippen LogP contribution in [0, 0.1) is 42.4 Å². The van der Waals surface area contributed by atoms with Crippen LogP contribution in [0.2, 0.25) is 0 Å². The summed E-state index contributed by atoms with van der Waals surface area (Å²) in [5.41, 5.74) is 5.92. The number of hydrogen-bond acceptors (Lipinski definition) is 8. The van der Waals surface area contributed by atoms with Crippen LogP contribution in [0.5, 0.6) is 0 Å². The van der Waals surface area contributed by atoms with Gasteiger partial charge in [-0.15, -0.1) is 5.10 Å². The molecule has 1 spiro atoms. The van der Waals surface area contributed by atoms with Crippen LogP contribution in [0.4, 0.5) is 5.82 Å². The van der Waals surface area contributed by atoms with E-state index in [0.29, 0.717) is 23.7 Å². The van der Waals surface area contributed by atoms with E-state index < -0.39 is 0 Å². The summed E-state index contributed by atoms with van der Waals surface area (Å²) < 4.78 is 0. The fraction of sp³-hybridized carbons (Fsp3) is 0.634. The number of likely N-dealkylation sites (tertiary alicyclic amines) is 2. The van der Waals surface area contributed by atoms with Crippen molar-refractivity contribution in [2.45, 2.75) is 103 Å². The van der Waals surface area contributed by atoms with E-state index in [4.69, 9.17) is 4.98 Å². The summed E-state index contributed by atoms with van der Waals surface area (Å²) in [6.07, 6.45) is 14.6. The Morgan fingerprint density at radius 1 is 1.00 bits per heavy atom. The molecule has 0 unspecified atom stereocenters. The quantitative estimate of drug-likeness (QED) is 0.267. The Labute approximate surface area is 298 Å². The van der Waals surface area contributed by atoms with Gasteiger partial charge in [-0.3, -0.25) is 9.78 Å². The predicted molar refractivity (Wildman–Crippen MR) is 199 cm³/mol. The highest BCUT2D eigenvalue weighted by Gasteiger charge is 2.37. The van der Waals surface area contributed by atoms with Gasteiger partial charge in [-0.1, -0.05) is 18.2 Å². The van der Waals surface area contributed by atoms with Crippen LogP contribution in [0.25, 0.3) is 10.8 Å². The molecule has 4 aliphatic rings. The van der Waals surface area contributed by atoms with Gasteiger partial charge in [-0.05, 0) is 145 Å². The van der Waals surface area contributed by atoms with E-state index in [1.54, 1.807) is 0 Å². The normalized spacial score (nSPS) is 21.7. The van der Waals surface area contributed by atoms with Gasteiger partial charge in [0.15, 0.2) is 5.82 Å². The van der Waals surface area contributed by atoms with Crippen molar-refractivity contribution in [1.82, 2.24) is 30.3 Å². The standard InChI is InChI=1S/C41H56N8O/c1-28-32(9-18-42)5-4-6-35(28)29(2)45-39-36-25-38(44-26-37(36)30(3)46-47-39)33-12-23-49(24-13-33)40(50)34-10-21-48(22-11-34)27-31-7-14-41(15-8-31)16-19-43-20-17-41/h4-6,25-26,29,31,33-34,43H,7-17,19-24,27H2,1-3H3,(H,45,47)/t29-/m1/s1. The zero-order valence-corrected chi connectivity index (χ0v) is 30.5. The number of amides is 1. The second-order valence-electron chi connectivity index (χ2n) is 16.0. The Bertz CT molecular complexity index is 1680. The summed E-state index contributed by atoms with van der Waals surface area (Å²) in [5.74, 6) is 2.45. The van der Waals surface area contributed by atoms with Crippen molar-refractivity contribution in [1.29, 1.82) is 5.26 Å². The molecule has 5 heterocycles. The van der Waals surface area contributed by atoms with E-state index in [-0.39, 0.29) is 12.0 Å². The number of hydrogen-bond donors (Lipinski definition) is 2. The van der Waals surface area contributed by atoms with Crippen LogP contribution in [-0.2, 0) is 11.2 Å². The third-order valence-corrected chi connectivity index (χ3v) is 13.0. The number of piperidine rings is 3. The van der Waals surface area contributed by atoms with Crippen LogP contribution in [0.3, 0.4) is 0 Å². The van der Waals surface area contributed by atoms with Crippen LogP contribution in [0.1, 0.15) is 111 Å². The molecule has 1 aliphatic carbocycles. The van der Waals surface area contributed by atoms with Crippen LogP contribution in [0.15, 0.2) is 30.5 Å². The largest absolute Gasteiger partial charge is 0.362 e. The van der Waals surface area contributed by atoms with E-state index >= 15 is 0 Å². The van der Waals surface area contributed by atoms with Crippen LogP contribution < -0.4 is 10.6 Å². The second kappa shape index (κ2) is 15.3. The molecule has 1 saturated carbocycles. The molecule has 266 valence electrons. The predicted octanol–water partition coefficient (Wildman–Crippen LogP) is 6.86. The first-order chi connectivity index (χ1) is 24.3. The molecule has 3 aliphatic heterocycles. The fourth-order valence-electron chi connectivity index (χ4n) is 9.56. The highest BCUT2D eigenvalue weighted by molar-refractivity contribution is 5.93. The zero-order valence-electron chi connectivity index (χ0n) is 30.5. The SMILES string of the molecule is Cc1c(CC#N)cccc1[C@@H](C)Nc1nnc(C)c2cnc(C3CCN(C(=O)C4CCN(CC5CCC6(CCNCC6)CC5)CC4)CC3)cc12. The summed E-state index contributed by atoms with van der Waals surface area (Å²) in [6, 6.07) is 10.6. The maximum Gasteiger partial charge on any atom is 0.225 e. The van der Waals surface area contributed by atoms with Crippen molar-refractivity contribution < 1.29 is 4.79 Å². The van der Waals surface area contributed by atoms with Gasteiger partial charge in [0.25, 0.3) is 0 Å². The molecular formula is C41H56N8O. The van der Waals surface area contributed by atoms with E-state index in [1.165, 1.54) is 58.2 Å². The lowest BCUT2D eigenvalue weighted by Crippen LogP contribution is -2.46. The van der Waals surface area contributed by atoms with Crippen LogP contribution in [-0.4, -0.2) is 76.7 Å². The van der Waals surface area contributed by atoms with Crippen LogP contribution >= 0.6 is 0 Å². The number of pyridine rings is 1. The van der Waals surface area contributed by atoms with Crippen molar-refractivity contribution in [3.8, 4) is 6.07 Å². The summed E-state index contributed by atoms with van der Waals surface area (Å²) in [5, 5.41) is 27.5. The van der Waals surface area contributed by atoms with Gasteiger partial charge in [-0.25, -0.2) is 0 Å². The summed E-state index contributed by atoms with van der Waals surface area (Å²) >= 11 is 0. The summed E-state index contributed by atoms with van der Waals surface area (Å²) in [7, 11) is 0. The minimum Gasteiger partial charge on any atom is -0.362 e. The Morgan fingerprint density at radius 3 is 2.46 bits per heavy atom. The van der Waals surface area contributed by atoms with Gasteiger partial charge in [0.2, 0.25) is 5.91 Å². The van der Waals surface area contributed by atoms with Gasteiger partial charge >= 0.3 is 0 Å². The number of nitrogens with one attached hydrogen (secondary N) is 2. The van der Waals surface area contributed by atoms with E-state index in [0.717, 1.165) is 102 Å². The first kappa shape index (κ1) is 34.8. The molecule has 2 N–H and O–H groups in total.